The summed E-state index contributed by atoms with van der Waals surface area (Å²) in [5.41, 5.74) is 0. The van der Waals surface area contributed by atoms with E-state index in [0.717, 1.165) is 25.7 Å². The number of aliphatic hydroxyl groups excluding tert-OH is 1. The van der Waals surface area contributed by atoms with Gasteiger partial charge in [0, 0.05) is 6.42 Å². The third-order valence-corrected chi connectivity index (χ3v) is 5.72. The lowest BCUT2D eigenvalue weighted by atomic mass is 10.1. The van der Waals surface area contributed by atoms with Gasteiger partial charge in [0.05, 0.1) is 18.8 Å². The van der Waals surface area contributed by atoms with Gasteiger partial charge in [-0.15, -0.1) is 0 Å². The van der Waals surface area contributed by atoms with Crippen molar-refractivity contribution in [3.8, 4) is 0 Å². The minimum atomic E-state index is -0.116. The molecule has 0 aromatic rings. The van der Waals surface area contributed by atoms with Gasteiger partial charge in [0.25, 0.3) is 0 Å². The Hall–Kier alpha value is -0.870. The van der Waals surface area contributed by atoms with Crippen LogP contribution in [0.25, 0.3) is 0 Å². The number of esters is 1. The Morgan fingerprint density at radius 3 is 2.00 bits per heavy atom. The zero-order valence-electron chi connectivity index (χ0n) is 18.9. The van der Waals surface area contributed by atoms with Crippen LogP contribution in [-0.4, -0.2) is 36.5 Å². The second kappa shape index (κ2) is 19.1. The number of unbranched alkanes of at least 4 members (excludes halogenated alkanes) is 12. The van der Waals surface area contributed by atoms with Crippen molar-refractivity contribution in [2.45, 2.75) is 128 Å². The van der Waals surface area contributed by atoms with Gasteiger partial charge in [0.2, 0.25) is 0 Å². The van der Waals surface area contributed by atoms with Crippen molar-refractivity contribution in [3.05, 3.63) is 12.2 Å². The molecule has 2 atom stereocenters. The molecule has 1 saturated heterocycles. The number of hydrogen-bond donors (Lipinski definition) is 1. The minimum absolute atomic E-state index is 0.0325. The Morgan fingerprint density at radius 2 is 1.41 bits per heavy atom. The molecule has 1 rings (SSSR count). The molecule has 1 fully saturated rings. The quantitative estimate of drug-likeness (QED) is 0.150. The number of aliphatic hydroxyl groups is 1. The summed E-state index contributed by atoms with van der Waals surface area (Å²) in [5, 5.41) is 9.03. The van der Waals surface area contributed by atoms with Crippen molar-refractivity contribution in [2.24, 2.45) is 0 Å². The molecule has 0 amide bonds. The minimum Gasteiger partial charge on any atom is -0.463 e. The molecule has 0 aromatic carbocycles. The normalized spacial score (nSPS) is 19.2. The van der Waals surface area contributed by atoms with Crippen LogP contribution in [-0.2, 0) is 14.3 Å². The highest BCUT2D eigenvalue weighted by atomic mass is 16.6. The van der Waals surface area contributed by atoms with Gasteiger partial charge in [-0.2, -0.15) is 0 Å². The number of hydrogen-bond acceptors (Lipinski definition) is 4. The van der Waals surface area contributed by atoms with Crippen LogP contribution in [0.15, 0.2) is 12.2 Å². The van der Waals surface area contributed by atoms with Crippen molar-refractivity contribution in [2.75, 3.05) is 13.2 Å². The summed E-state index contributed by atoms with van der Waals surface area (Å²) in [6.45, 7) is 2.66. The van der Waals surface area contributed by atoms with Crippen LogP contribution < -0.4 is 0 Å². The standard InChI is InChI=1S/C25H46O4/c1-2-3-4-5-6-7-8-9-10-11-12-13-14-15-16-17-18-25(27)28-22-24-20-19-23(21-26)29-24/h10-11,23-24,26H,2-9,12-22H2,1H3/b11-10-/t23-,24+/m1/s1. The summed E-state index contributed by atoms with van der Waals surface area (Å²) >= 11 is 0. The summed E-state index contributed by atoms with van der Waals surface area (Å²) in [4.78, 5) is 11.8. The summed E-state index contributed by atoms with van der Waals surface area (Å²) in [5.74, 6) is -0.116. The maximum absolute atomic E-state index is 11.8. The van der Waals surface area contributed by atoms with Crippen molar-refractivity contribution in [1.29, 1.82) is 0 Å². The molecule has 4 heteroatoms. The van der Waals surface area contributed by atoms with E-state index in [-0.39, 0.29) is 24.8 Å². The molecule has 0 saturated carbocycles. The molecule has 4 nitrogen and oxygen atoms in total. The number of carbonyl (C=O) groups excluding carboxylic acids is 1. The van der Waals surface area contributed by atoms with Crippen LogP contribution in [0.4, 0.5) is 0 Å². The third kappa shape index (κ3) is 15.6. The second-order valence-corrected chi connectivity index (χ2v) is 8.51. The van der Waals surface area contributed by atoms with Gasteiger partial charge in [-0.25, -0.2) is 0 Å². The molecule has 0 radical (unpaired) electrons. The summed E-state index contributed by atoms with van der Waals surface area (Å²) < 4.78 is 10.9. The molecule has 0 unspecified atom stereocenters. The smallest absolute Gasteiger partial charge is 0.305 e. The predicted octanol–water partition coefficient (Wildman–Crippen LogP) is 6.50. The fraction of sp³-hybridized carbons (Fsp3) is 0.880. The van der Waals surface area contributed by atoms with E-state index < -0.39 is 0 Å². The first-order valence-electron chi connectivity index (χ1n) is 12.3. The molecule has 1 N–H and O–H groups in total. The van der Waals surface area contributed by atoms with Crippen LogP contribution in [0.5, 0.6) is 0 Å². The van der Waals surface area contributed by atoms with Crippen LogP contribution in [0.2, 0.25) is 0 Å². The lowest BCUT2D eigenvalue weighted by Crippen LogP contribution is -2.20. The van der Waals surface area contributed by atoms with Crippen LogP contribution >= 0.6 is 0 Å². The van der Waals surface area contributed by atoms with E-state index in [1.807, 2.05) is 0 Å². The molecule has 0 aromatic heterocycles. The molecule has 1 aliphatic rings. The Balaban J connectivity index is 1.78. The largest absolute Gasteiger partial charge is 0.463 e. The van der Waals surface area contributed by atoms with E-state index in [2.05, 4.69) is 19.1 Å². The zero-order valence-corrected chi connectivity index (χ0v) is 18.9. The first-order valence-corrected chi connectivity index (χ1v) is 12.3. The monoisotopic (exact) mass is 410 g/mol. The first-order chi connectivity index (χ1) is 14.3. The Kier molecular flexibility index (Phi) is 17.2. The molecule has 0 bridgehead atoms. The molecule has 0 spiro atoms. The summed E-state index contributed by atoms with van der Waals surface area (Å²) in [6, 6.07) is 0. The summed E-state index contributed by atoms with van der Waals surface area (Å²) in [7, 11) is 0. The highest BCUT2D eigenvalue weighted by Gasteiger charge is 2.25. The Morgan fingerprint density at radius 1 is 0.862 bits per heavy atom. The maximum atomic E-state index is 11.8. The molecule has 170 valence electrons. The maximum Gasteiger partial charge on any atom is 0.305 e. The lowest BCUT2D eigenvalue weighted by Gasteiger charge is -2.12. The topological polar surface area (TPSA) is 55.8 Å². The Bertz CT molecular complexity index is 408. The third-order valence-electron chi connectivity index (χ3n) is 5.72. The highest BCUT2D eigenvalue weighted by Crippen LogP contribution is 2.19. The van der Waals surface area contributed by atoms with Gasteiger partial charge in [-0.05, 0) is 44.9 Å². The summed E-state index contributed by atoms with van der Waals surface area (Å²) in [6.07, 6.45) is 24.6. The van der Waals surface area contributed by atoms with Gasteiger partial charge < -0.3 is 14.6 Å². The molecular formula is C25H46O4. The van der Waals surface area contributed by atoms with E-state index in [4.69, 9.17) is 14.6 Å². The van der Waals surface area contributed by atoms with E-state index in [1.54, 1.807) is 0 Å². The zero-order chi connectivity index (χ0) is 21.0. The predicted molar refractivity (Wildman–Crippen MR) is 120 cm³/mol. The Labute approximate surface area is 179 Å². The van der Waals surface area contributed by atoms with Crippen molar-refractivity contribution < 1.29 is 19.4 Å². The van der Waals surface area contributed by atoms with E-state index in [9.17, 15) is 4.79 Å². The highest BCUT2D eigenvalue weighted by molar-refractivity contribution is 5.69. The number of ether oxygens (including phenoxy) is 2. The van der Waals surface area contributed by atoms with E-state index in [1.165, 1.54) is 77.0 Å². The molecule has 0 aliphatic carbocycles. The average Bonchev–Trinajstić information content (AvgIpc) is 3.20. The van der Waals surface area contributed by atoms with Crippen molar-refractivity contribution in [1.82, 2.24) is 0 Å². The van der Waals surface area contributed by atoms with Crippen molar-refractivity contribution >= 4 is 5.97 Å². The average molecular weight is 411 g/mol. The molecule has 29 heavy (non-hydrogen) atoms. The van der Waals surface area contributed by atoms with Gasteiger partial charge in [0.1, 0.15) is 6.61 Å². The number of allylic oxidation sites excluding steroid dienone is 2. The van der Waals surface area contributed by atoms with Gasteiger partial charge in [0.15, 0.2) is 0 Å². The van der Waals surface area contributed by atoms with E-state index in [0.29, 0.717) is 13.0 Å². The van der Waals surface area contributed by atoms with Crippen molar-refractivity contribution in [3.63, 3.8) is 0 Å². The van der Waals surface area contributed by atoms with Crippen LogP contribution in [0, 0.1) is 0 Å². The molecule has 1 aliphatic heterocycles. The van der Waals surface area contributed by atoms with Crippen LogP contribution in [0.1, 0.15) is 116 Å². The number of carbonyl (C=O) groups is 1. The van der Waals surface area contributed by atoms with Gasteiger partial charge in [-0.1, -0.05) is 76.9 Å². The van der Waals surface area contributed by atoms with E-state index >= 15 is 0 Å². The van der Waals surface area contributed by atoms with Gasteiger partial charge >= 0.3 is 5.97 Å². The lowest BCUT2D eigenvalue weighted by molar-refractivity contribution is -0.148. The fourth-order valence-corrected chi connectivity index (χ4v) is 3.81. The SMILES string of the molecule is CCCCCCCCC/C=C\CCCCCCCC(=O)OC[C@@H]1CC[C@H](CO)O1. The second-order valence-electron chi connectivity index (χ2n) is 8.51. The molecular weight excluding hydrogens is 364 g/mol. The van der Waals surface area contributed by atoms with Crippen LogP contribution in [0.3, 0.4) is 0 Å². The van der Waals surface area contributed by atoms with Gasteiger partial charge in [-0.3, -0.25) is 4.79 Å². The first kappa shape index (κ1) is 26.2. The molecule has 1 heterocycles. The number of rotatable bonds is 19. The fourth-order valence-electron chi connectivity index (χ4n) is 3.81.